The Labute approximate surface area is 132 Å². The van der Waals surface area contributed by atoms with Crippen LogP contribution in [0.15, 0.2) is 41.3 Å². The molecule has 0 aromatic heterocycles. The number of sulfonamides is 1. The molecular weight excluding hydrogens is 327 g/mol. The molecule has 2 aromatic carbocycles. The highest BCUT2D eigenvalue weighted by atomic mass is 32.2. The fourth-order valence-electron chi connectivity index (χ4n) is 2.84. The van der Waals surface area contributed by atoms with Crippen LogP contribution in [0.25, 0.3) is 0 Å². The minimum absolute atomic E-state index is 0.414. The fraction of sp³-hybridized carbons (Fsp3) is 0.250. The molecule has 3 nitrogen and oxygen atoms in total. The highest BCUT2D eigenvalue weighted by Crippen LogP contribution is 2.36. The van der Waals surface area contributed by atoms with Crippen LogP contribution in [-0.2, 0) is 16.4 Å². The molecule has 0 saturated heterocycles. The number of nitrogens with zero attached hydrogens (tertiary/aromatic N) is 1. The molecule has 3 rings (SSSR count). The van der Waals surface area contributed by atoms with Crippen LogP contribution >= 0.6 is 0 Å². The summed E-state index contributed by atoms with van der Waals surface area (Å²) in [6.07, 6.45) is 1.26. The van der Waals surface area contributed by atoms with Gasteiger partial charge in [-0.1, -0.05) is 18.2 Å². The third-order valence-corrected chi connectivity index (χ3v) is 5.94. The normalized spacial score (nSPS) is 17.9. The van der Waals surface area contributed by atoms with Gasteiger partial charge in [0.05, 0.1) is 5.69 Å². The van der Waals surface area contributed by atoms with Crippen molar-refractivity contribution in [2.24, 2.45) is 0 Å². The van der Waals surface area contributed by atoms with Gasteiger partial charge >= 0.3 is 0 Å². The van der Waals surface area contributed by atoms with Gasteiger partial charge in [0.1, 0.15) is 4.90 Å². The molecule has 0 aliphatic carbocycles. The van der Waals surface area contributed by atoms with Gasteiger partial charge in [0, 0.05) is 6.04 Å². The summed E-state index contributed by atoms with van der Waals surface area (Å²) >= 11 is 0. The topological polar surface area (TPSA) is 37.4 Å². The van der Waals surface area contributed by atoms with E-state index in [-0.39, 0.29) is 0 Å². The number of halogens is 3. The van der Waals surface area contributed by atoms with E-state index >= 15 is 0 Å². The van der Waals surface area contributed by atoms with Crippen LogP contribution in [-0.4, -0.2) is 14.5 Å². The van der Waals surface area contributed by atoms with Crippen molar-refractivity contribution < 1.29 is 21.6 Å². The van der Waals surface area contributed by atoms with Gasteiger partial charge < -0.3 is 0 Å². The van der Waals surface area contributed by atoms with Crippen LogP contribution in [0, 0.1) is 17.5 Å². The Morgan fingerprint density at radius 1 is 1.04 bits per heavy atom. The third-order valence-electron chi connectivity index (χ3n) is 4.00. The maximum atomic E-state index is 14.0. The molecule has 0 fully saturated rings. The lowest BCUT2D eigenvalue weighted by molar-refractivity contribution is 0.431. The average molecular weight is 341 g/mol. The zero-order chi connectivity index (χ0) is 16.8. The standard InChI is InChI=1S/C16H14F3NO2S/c1-10-6-7-11-4-2-3-5-13(11)20(10)23(21,22)14-9-8-12(17)15(18)16(14)19/h2-5,8-10H,6-7H2,1H3/t10-/m0/s1. The number of hydrogen-bond donors (Lipinski definition) is 0. The van der Waals surface area contributed by atoms with Crippen molar-refractivity contribution in [3.63, 3.8) is 0 Å². The molecular formula is C16H14F3NO2S. The average Bonchev–Trinajstić information content (AvgIpc) is 2.52. The summed E-state index contributed by atoms with van der Waals surface area (Å²) in [5.74, 6) is -4.90. The van der Waals surface area contributed by atoms with Gasteiger partial charge in [-0.05, 0) is 43.5 Å². The van der Waals surface area contributed by atoms with Crippen LogP contribution < -0.4 is 4.31 Å². The highest BCUT2D eigenvalue weighted by molar-refractivity contribution is 7.92. The van der Waals surface area contributed by atoms with Crippen LogP contribution in [0.4, 0.5) is 18.9 Å². The first kappa shape index (κ1) is 15.9. The summed E-state index contributed by atoms with van der Waals surface area (Å²) in [6.45, 7) is 1.70. The number of rotatable bonds is 2. The number of aryl methyl sites for hydroxylation is 1. The van der Waals surface area contributed by atoms with Crippen LogP contribution in [0.3, 0.4) is 0 Å². The Morgan fingerprint density at radius 2 is 1.74 bits per heavy atom. The van der Waals surface area contributed by atoms with Crippen molar-refractivity contribution in [2.75, 3.05) is 4.31 Å². The maximum absolute atomic E-state index is 14.0. The first-order chi connectivity index (χ1) is 10.8. The van der Waals surface area contributed by atoms with E-state index in [0.29, 0.717) is 24.6 Å². The molecule has 0 saturated carbocycles. The molecule has 23 heavy (non-hydrogen) atoms. The lowest BCUT2D eigenvalue weighted by atomic mass is 9.99. The van der Waals surface area contributed by atoms with Crippen molar-refractivity contribution in [3.8, 4) is 0 Å². The van der Waals surface area contributed by atoms with Crippen molar-refractivity contribution >= 4 is 15.7 Å². The largest absolute Gasteiger partial charge is 0.267 e. The summed E-state index contributed by atoms with van der Waals surface area (Å²) in [6, 6.07) is 7.85. The van der Waals surface area contributed by atoms with Crippen molar-refractivity contribution in [3.05, 3.63) is 59.4 Å². The predicted molar refractivity (Wildman–Crippen MR) is 80.2 cm³/mol. The summed E-state index contributed by atoms with van der Waals surface area (Å²) in [7, 11) is -4.34. The number of para-hydroxylation sites is 1. The molecule has 2 aromatic rings. The summed E-state index contributed by atoms with van der Waals surface area (Å²) in [5, 5.41) is 0. The lowest BCUT2D eigenvalue weighted by Gasteiger charge is -2.36. The Hall–Kier alpha value is -2.02. The predicted octanol–water partition coefficient (Wildman–Crippen LogP) is 3.63. The molecule has 122 valence electrons. The molecule has 0 radical (unpaired) electrons. The Morgan fingerprint density at radius 3 is 2.48 bits per heavy atom. The van der Waals surface area contributed by atoms with E-state index in [1.165, 1.54) is 0 Å². The minimum atomic E-state index is -4.34. The number of anilines is 1. The Kier molecular flexibility index (Phi) is 3.83. The molecule has 7 heteroatoms. The molecule has 1 heterocycles. The second kappa shape index (κ2) is 5.56. The smallest absolute Gasteiger partial charge is 0.263 e. The molecule has 0 spiro atoms. The molecule has 0 bridgehead atoms. The molecule has 0 amide bonds. The Bertz CT molecular complexity index is 868. The number of benzene rings is 2. The van der Waals surface area contributed by atoms with Crippen LogP contribution in [0.2, 0.25) is 0 Å². The van der Waals surface area contributed by atoms with Gasteiger partial charge in [-0.15, -0.1) is 0 Å². The van der Waals surface area contributed by atoms with E-state index in [1.807, 2.05) is 0 Å². The highest BCUT2D eigenvalue weighted by Gasteiger charge is 2.36. The first-order valence-electron chi connectivity index (χ1n) is 7.10. The van der Waals surface area contributed by atoms with E-state index in [2.05, 4.69) is 0 Å². The second-order valence-corrected chi connectivity index (χ2v) is 7.27. The van der Waals surface area contributed by atoms with E-state index in [0.717, 1.165) is 15.9 Å². The minimum Gasteiger partial charge on any atom is -0.263 e. The molecule has 1 aliphatic heterocycles. The maximum Gasteiger partial charge on any atom is 0.267 e. The lowest BCUT2D eigenvalue weighted by Crippen LogP contribution is -2.42. The summed E-state index contributed by atoms with van der Waals surface area (Å²) in [4.78, 5) is -0.861. The van der Waals surface area contributed by atoms with E-state index in [9.17, 15) is 21.6 Å². The van der Waals surface area contributed by atoms with Gasteiger partial charge in [0.2, 0.25) is 0 Å². The fourth-order valence-corrected chi connectivity index (χ4v) is 4.62. The molecule has 1 atom stereocenters. The van der Waals surface area contributed by atoms with E-state index < -0.39 is 38.4 Å². The molecule has 1 aliphatic rings. The van der Waals surface area contributed by atoms with Gasteiger partial charge in [0.25, 0.3) is 10.0 Å². The number of fused-ring (bicyclic) bond motifs is 1. The van der Waals surface area contributed by atoms with E-state index in [4.69, 9.17) is 0 Å². The van der Waals surface area contributed by atoms with E-state index in [1.54, 1.807) is 31.2 Å². The van der Waals surface area contributed by atoms with Crippen molar-refractivity contribution in [1.82, 2.24) is 0 Å². The molecule has 0 unspecified atom stereocenters. The van der Waals surface area contributed by atoms with Gasteiger partial charge in [-0.25, -0.2) is 21.6 Å². The van der Waals surface area contributed by atoms with Crippen LogP contribution in [0.5, 0.6) is 0 Å². The summed E-state index contributed by atoms with van der Waals surface area (Å²) < 4.78 is 67.3. The van der Waals surface area contributed by atoms with Crippen molar-refractivity contribution in [1.29, 1.82) is 0 Å². The Balaban J connectivity index is 2.19. The quantitative estimate of drug-likeness (QED) is 0.782. The van der Waals surface area contributed by atoms with Gasteiger partial charge in [-0.3, -0.25) is 4.31 Å². The van der Waals surface area contributed by atoms with Crippen molar-refractivity contribution in [2.45, 2.75) is 30.7 Å². The zero-order valence-corrected chi connectivity index (χ0v) is 13.1. The second-order valence-electron chi connectivity index (χ2n) is 5.49. The number of hydrogen-bond acceptors (Lipinski definition) is 2. The first-order valence-corrected chi connectivity index (χ1v) is 8.54. The van der Waals surface area contributed by atoms with Crippen LogP contribution in [0.1, 0.15) is 18.9 Å². The summed E-state index contributed by atoms with van der Waals surface area (Å²) in [5.41, 5.74) is 1.26. The van der Waals surface area contributed by atoms with Gasteiger partial charge in [0.15, 0.2) is 17.5 Å². The zero-order valence-electron chi connectivity index (χ0n) is 12.3. The monoisotopic (exact) mass is 341 g/mol. The molecule has 0 N–H and O–H groups in total. The SMILES string of the molecule is C[C@H]1CCc2ccccc2N1S(=O)(=O)c1ccc(F)c(F)c1F. The van der Waals surface area contributed by atoms with Gasteiger partial charge in [-0.2, -0.15) is 0 Å². The third kappa shape index (κ3) is 2.49.